The van der Waals surface area contributed by atoms with Crippen LogP contribution in [-0.4, -0.2) is 9.75 Å². The Morgan fingerprint density at radius 3 is 2.62 bits per heavy atom. The van der Waals surface area contributed by atoms with Crippen LogP contribution in [0.4, 0.5) is 10.1 Å². The lowest BCUT2D eigenvalue weighted by Crippen LogP contribution is -2.10. The molecule has 0 aliphatic carbocycles. The largest absolute Gasteiger partial charge is 0.273 e. The predicted octanol–water partition coefficient (Wildman–Crippen LogP) is 4.01. The minimum atomic E-state index is -0.465. The Bertz CT molecular complexity index is 396. The molecule has 0 saturated heterocycles. The highest BCUT2D eigenvalue weighted by Gasteiger charge is 2.24. The van der Waals surface area contributed by atoms with Gasteiger partial charge in [0.15, 0.2) is 0 Å². The van der Waals surface area contributed by atoms with Gasteiger partial charge in [-0.2, -0.15) is 0 Å². The molecule has 0 heterocycles. The molecular formula is C11H13BrFNO2. The topological polar surface area (TPSA) is 43.1 Å². The number of alkyl halides is 1. The molecule has 5 heteroatoms. The number of rotatable bonds is 4. The van der Waals surface area contributed by atoms with Crippen LogP contribution < -0.4 is 0 Å². The number of nitro groups is 1. The van der Waals surface area contributed by atoms with Gasteiger partial charge in [0.25, 0.3) is 5.69 Å². The van der Waals surface area contributed by atoms with Crippen LogP contribution in [0.1, 0.15) is 31.7 Å². The molecule has 0 aliphatic heterocycles. The zero-order chi connectivity index (χ0) is 12.3. The third-order valence-electron chi connectivity index (χ3n) is 2.58. The molecule has 0 bridgehead atoms. The SMILES string of the molecule is CCC(c1cc(F)ccc1[N+](=O)[O-])C(C)Br. The smallest absolute Gasteiger partial charge is 0.258 e. The van der Waals surface area contributed by atoms with E-state index >= 15 is 0 Å². The van der Waals surface area contributed by atoms with Crippen LogP contribution >= 0.6 is 15.9 Å². The lowest BCUT2D eigenvalue weighted by Gasteiger charge is -2.17. The van der Waals surface area contributed by atoms with E-state index in [1.807, 2.05) is 13.8 Å². The van der Waals surface area contributed by atoms with Gasteiger partial charge in [0.2, 0.25) is 0 Å². The summed E-state index contributed by atoms with van der Waals surface area (Å²) in [5.41, 5.74) is 0.441. The molecule has 3 nitrogen and oxygen atoms in total. The van der Waals surface area contributed by atoms with Gasteiger partial charge in [-0.1, -0.05) is 29.8 Å². The van der Waals surface area contributed by atoms with Crippen LogP contribution in [-0.2, 0) is 0 Å². The Morgan fingerprint density at radius 2 is 2.19 bits per heavy atom. The van der Waals surface area contributed by atoms with Crippen LogP contribution in [0.2, 0.25) is 0 Å². The molecule has 0 fully saturated rings. The molecule has 2 atom stereocenters. The van der Waals surface area contributed by atoms with E-state index in [4.69, 9.17) is 0 Å². The minimum Gasteiger partial charge on any atom is -0.258 e. The fraction of sp³-hybridized carbons (Fsp3) is 0.455. The molecule has 88 valence electrons. The number of benzene rings is 1. The molecule has 0 amide bonds. The van der Waals surface area contributed by atoms with Crippen molar-refractivity contribution < 1.29 is 9.31 Å². The molecule has 16 heavy (non-hydrogen) atoms. The standard InChI is InChI=1S/C11H13BrFNO2/c1-3-9(7(2)12)10-6-8(13)4-5-11(10)14(15)16/h4-7,9H,3H2,1-2H3. The highest BCUT2D eigenvalue weighted by atomic mass is 79.9. The van der Waals surface area contributed by atoms with E-state index in [0.717, 1.165) is 12.5 Å². The van der Waals surface area contributed by atoms with E-state index < -0.39 is 10.7 Å². The van der Waals surface area contributed by atoms with Gasteiger partial charge in [-0.15, -0.1) is 0 Å². The second-order valence-corrected chi connectivity index (χ2v) is 5.10. The Labute approximate surface area is 102 Å². The van der Waals surface area contributed by atoms with Crippen molar-refractivity contribution in [2.45, 2.75) is 31.0 Å². The van der Waals surface area contributed by atoms with Gasteiger partial charge >= 0.3 is 0 Å². The van der Waals surface area contributed by atoms with Gasteiger partial charge in [0.05, 0.1) is 4.92 Å². The van der Waals surface area contributed by atoms with Gasteiger partial charge < -0.3 is 0 Å². The van der Waals surface area contributed by atoms with Crippen LogP contribution in [0.5, 0.6) is 0 Å². The molecule has 0 saturated carbocycles. The maximum atomic E-state index is 13.1. The molecule has 0 aliphatic rings. The van der Waals surface area contributed by atoms with Crippen molar-refractivity contribution in [1.82, 2.24) is 0 Å². The highest BCUT2D eigenvalue weighted by molar-refractivity contribution is 9.09. The van der Waals surface area contributed by atoms with Gasteiger partial charge in [-0.05, 0) is 18.6 Å². The van der Waals surface area contributed by atoms with Crippen LogP contribution in [0.3, 0.4) is 0 Å². The van der Waals surface area contributed by atoms with Crippen LogP contribution in [0.25, 0.3) is 0 Å². The summed E-state index contributed by atoms with van der Waals surface area (Å²) in [7, 11) is 0. The zero-order valence-electron chi connectivity index (χ0n) is 9.11. The molecule has 2 unspecified atom stereocenters. The monoisotopic (exact) mass is 289 g/mol. The van der Waals surface area contributed by atoms with E-state index in [-0.39, 0.29) is 16.4 Å². The summed E-state index contributed by atoms with van der Waals surface area (Å²) in [5, 5.41) is 10.8. The van der Waals surface area contributed by atoms with Gasteiger partial charge in [0.1, 0.15) is 5.82 Å². The van der Waals surface area contributed by atoms with Crippen molar-refractivity contribution in [3.8, 4) is 0 Å². The van der Waals surface area contributed by atoms with E-state index in [9.17, 15) is 14.5 Å². The molecular weight excluding hydrogens is 277 g/mol. The molecule has 0 aromatic heterocycles. The normalized spacial score (nSPS) is 14.5. The summed E-state index contributed by atoms with van der Waals surface area (Å²) in [4.78, 5) is 10.4. The van der Waals surface area contributed by atoms with Crippen molar-refractivity contribution >= 4 is 21.6 Å². The number of hydrogen-bond acceptors (Lipinski definition) is 2. The summed E-state index contributed by atoms with van der Waals surface area (Å²) in [6, 6.07) is 3.60. The van der Waals surface area contributed by atoms with Crippen LogP contribution in [0, 0.1) is 15.9 Å². The number of nitro benzene ring substituents is 1. The second kappa shape index (κ2) is 5.39. The predicted molar refractivity (Wildman–Crippen MR) is 64.5 cm³/mol. The fourth-order valence-electron chi connectivity index (χ4n) is 1.78. The average Bonchev–Trinajstić information content (AvgIpc) is 2.17. The zero-order valence-corrected chi connectivity index (χ0v) is 10.7. The van der Waals surface area contributed by atoms with Crippen molar-refractivity contribution in [2.24, 2.45) is 0 Å². The third kappa shape index (κ3) is 2.78. The minimum absolute atomic E-state index is 0.0143. The molecule has 1 aromatic rings. The third-order valence-corrected chi connectivity index (χ3v) is 3.22. The van der Waals surface area contributed by atoms with Gasteiger partial charge in [0, 0.05) is 22.4 Å². The van der Waals surface area contributed by atoms with Crippen molar-refractivity contribution in [2.75, 3.05) is 0 Å². The summed E-state index contributed by atoms with van der Waals surface area (Å²) in [6.07, 6.45) is 0.719. The lowest BCUT2D eigenvalue weighted by molar-refractivity contribution is -0.385. The van der Waals surface area contributed by atoms with E-state index in [0.29, 0.717) is 5.56 Å². The number of halogens is 2. The Hall–Kier alpha value is -0.970. The Balaban J connectivity index is 3.27. The van der Waals surface area contributed by atoms with Crippen molar-refractivity contribution in [1.29, 1.82) is 0 Å². The van der Waals surface area contributed by atoms with E-state index in [1.165, 1.54) is 12.1 Å². The van der Waals surface area contributed by atoms with E-state index in [2.05, 4.69) is 15.9 Å². The number of hydrogen-bond donors (Lipinski definition) is 0. The van der Waals surface area contributed by atoms with Crippen LogP contribution in [0.15, 0.2) is 18.2 Å². The van der Waals surface area contributed by atoms with Crippen molar-refractivity contribution in [3.05, 3.63) is 39.7 Å². The first-order valence-electron chi connectivity index (χ1n) is 5.05. The maximum absolute atomic E-state index is 13.1. The molecule has 1 rings (SSSR count). The summed E-state index contributed by atoms with van der Waals surface area (Å²) in [6.45, 7) is 3.83. The summed E-state index contributed by atoms with van der Waals surface area (Å²) in [5.74, 6) is -0.497. The Kier molecular flexibility index (Phi) is 4.41. The number of nitrogens with zero attached hydrogens (tertiary/aromatic N) is 1. The highest BCUT2D eigenvalue weighted by Crippen LogP contribution is 2.34. The molecule has 0 N–H and O–H groups in total. The van der Waals surface area contributed by atoms with E-state index in [1.54, 1.807) is 0 Å². The quantitative estimate of drug-likeness (QED) is 0.477. The molecule has 1 aromatic carbocycles. The summed E-state index contributed by atoms with van der Waals surface area (Å²) < 4.78 is 13.1. The fourth-order valence-corrected chi connectivity index (χ4v) is 2.44. The second-order valence-electron chi connectivity index (χ2n) is 3.65. The summed E-state index contributed by atoms with van der Waals surface area (Å²) >= 11 is 3.40. The van der Waals surface area contributed by atoms with Crippen molar-refractivity contribution in [3.63, 3.8) is 0 Å². The lowest BCUT2D eigenvalue weighted by atomic mass is 9.92. The van der Waals surface area contributed by atoms with Gasteiger partial charge in [-0.3, -0.25) is 10.1 Å². The van der Waals surface area contributed by atoms with Gasteiger partial charge in [-0.25, -0.2) is 4.39 Å². The molecule has 0 radical (unpaired) electrons. The maximum Gasteiger partial charge on any atom is 0.273 e. The first-order valence-corrected chi connectivity index (χ1v) is 5.96. The first-order chi connectivity index (χ1) is 7.47. The molecule has 0 spiro atoms. The Morgan fingerprint density at radius 1 is 1.56 bits per heavy atom. The first kappa shape index (κ1) is 13.1. The average molecular weight is 290 g/mol.